The molecule has 1 aromatic carbocycles. The van der Waals surface area contributed by atoms with Crippen molar-refractivity contribution in [3.05, 3.63) is 22.3 Å². The lowest BCUT2D eigenvalue weighted by molar-refractivity contribution is 1.21. The first-order valence-electron chi connectivity index (χ1n) is 4.54. The molecule has 2 nitrogen and oxygen atoms in total. The maximum absolute atomic E-state index is 6.00. The van der Waals surface area contributed by atoms with Gasteiger partial charge in [0.15, 0.2) is 0 Å². The summed E-state index contributed by atoms with van der Waals surface area (Å²) in [7, 11) is 1.91. The van der Waals surface area contributed by atoms with Crippen molar-refractivity contribution in [3.63, 3.8) is 0 Å². The number of benzene rings is 1. The summed E-state index contributed by atoms with van der Waals surface area (Å²) in [5.41, 5.74) is 13.0. The van der Waals surface area contributed by atoms with Gasteiger partial charge in [0.1, 0.15) is 0 Å². The third-order valence-corrected chi connectivity index (χ3v) is 2.99. The molecule has 0 atom stereocenters. The molecule has 2 heteroatoms. The Hall–Kier alpha value is -1.18. The summed E-state index contributed by atoms with van der Waals surface area (Å²) in [6.07, 6.45) is 0. The second-order valence-corrected chi connectivity index (χ2v) is 3.54. The van der Waals surface area contributed by atoms with Crippen molar-refractivity contribution >= 4 is 11.4 Å². The maximum atomic E-state index is 6.00. The summed E-state index contributed by atoms with van der Waals surface area (Å²) < 4.78 is 0. The Morgan fingerprint density at radius 1 is 0.846 bits per heavy atom. The van der Waals surface area contributed by atoms with Gasteiger partial charge in [0.2, 0.25) is 0 Å². The highest BCUT2D eigenvalue weighted by molar-refractivity contribution is 5.76. The summed E-state index contributed by atoms with van der Waals surface area (Å²) in [6.45, 7) is 8.42. The molecule has 0 spiro atoms. The van der Waals surface area contributed by atoms with Crippen molar-refractivity contribution in [3.8, 4) is 0 Å². The van der Waals surface area contributed by atoms with Crippen LogP contribution in [0.5, 0.6) is 0 Å². The van der Waals surface area contributed by atoms with E-state index in [4.69, 9.17) is 5.73 Å². The summed E-state index contributed by atoms with van der Waals surface area (Å²) in [5.74, 6) is 0. The highest BCUT2D eigenvalue weighted by Crippen LogP contribution is 2.32. The highest BCUT2D eigenvalue weighted by atomic mass is 14.9. The fourth-order valence-electron chi connectivity index (χ4n) is 1.66. The molecule has 1 aromatic rings. The van der Waals surface area contributed by atoms with Crippen LogP contribution in [0.15, 0.2) is 0 Å². The molecular weight excluding hydrogens is 160 g/mol. The molecule has 0 unspecified atom stereocenters. The molecule has 0 fully saturated rings. The van der Waals surface area contributed by atoms with Gasteiger partial charge in [-0.3, -0.25) is 0 Å². The number of hydrogen-bond acceptors (Lipinski definition) is 2. The number of nitrogens with two attached hydrogens (primary N) is 1. The van der Waals surface area contributed by atoms with Crippen LogP contribution >= 0.6 is 0 Å². The van der Waals surface area contributed by atoms with Crippen LogP contribution in [0, 0.1) is 27.7 Å². The van der Waals surface area contributed by atoms with E-state index in [9.17, 15) is 0 Å². The molecule has 0 saturated carbocycles. The first kappa shape index (κ1) is 9.90. The smallest absolute Gasteiger partial charge is 0.0606 e. The van der Waals surface area contributed by atoms with E-state index in [1.165, 1.54) is 22.3 Å². The Bertz CT molecular complexity index is 311. The average molecular weight is 178 g/mol. The van der Waals surface area contributed by atoms with Gasteiger partial charge in [0.05, 0.1) is 11.4 Å². The minimum Gasteiger partial charge on any atom is -0.397 e. The van der Waals surface area contributed by atoms with Gasteiger partial charge >= 0.3 is 0 Å². The van der Waals surface area contributed by atoms with E-state index < -0.39 is 0 Å². The van der Waals surface area contributed by atoms with Crippen LogP contribution in [0.3, 0.4) is 0 Å². The van der Waals surface area contributed by atoms with Gasteiger partial charge in [-0.1, -0.05) is 0 Å². The molecular formula is C11H18N2. The van der Waals surface area contributed by atoms with Crippen molar-refractivity contribution in [1.29, 1.82) is 0 Å². The minimum atomic E-state index is 0.878. The summed E-state index contributed by atoms with van der Waals surface area (Å²) in [6, 6.07) is 0. The van der Waals surface area contributed by atoms with Gasteiger partial charge in [-0.15, -0.1) is 0 Å². The van der Waals surface area contributed by atoms with Gasteiger partial charge in [-0.05, 0) is 49.9 Å². The lowest BCUT2D eigenvalue weighted by atomic mass is 9.96. The van der Waals surface area contributed by atoms with Crippen molar-refractivity contribution in [1.82, 2.24) is 0 Å². The molecule has 0 saturated heterocycles. The predicted molar refractivity (Wildman–Crippen MR) is 59.3 cm³/mol. The maximum Gasteiger partial charge on any atom is 0.0606 e. The molecule has 0 radical (unpaired) electrons. The van der Waals surface area contributed by atoms with Crippen molar-refractivity contribution in [2.75, 3.05) is 18.1 Å². The van der Waals surface area contributed by atoms with Gasteiger partial charge in [0.25, 0.3) is 0 Å². The second-order valence-electron chi connectivity index (χ2n) is 3.54. The number of nitrogens with one attached hydrogen (secondary N) is 1. The Kier molecular flexibility index (Phi) is 2.50. The average Bonchev–Trinajstić information content (AvgIpc) is 2.13. The topological polar surface area (TPSA) is 38.0 Å². The summed E-state index contributed by atoms with van der Waals surface area (Å²) in [4.78, 5) is 0. The zero-order chi connectivity index (χ0) is 10.2. The van der Waals surface area contributed by atoms with E-state index in [0.717, 1.165) is 11.4 Å². The molecule has 0 aliphatic heterocycles. The fourth-order valence-corrected chi connectivity index (χ4v) is 1.66. The van der Waals surface area contributed by atoms with Gasteiger partial charge in [-0.25, -0.2) is 0 Å². The molecule has 0 heterocycles. The van der Waals surface area contributed by atoms with Crippen LogP contribution in [0.25, 0.3) is 0 Å². The molecule has 3 N–H and O–H groups in total. The molecule has 0 aliphatic carbocycles. The van der Waals surface area contributed by atoms with E-state index in [2.05, 4.69) is 33.0 Å². The van der Waals surface area contributed by atoms with E-state index >= 15 is 0 Å². The molecule has 1 rings (SSSR count). The molecule has 72 valence electrons. The first-order chi connectivity index (χ1) is 6.00. The number of anilines is 2. The quantitative estimate of drug-likeness (QED) is 0.648. The van der Waals surface area contributed by atoms with E-state index in [0.29, 0.717) is 0 Å². The number of hydrogen-bond donors (Lipinski definition) is 2. The molecule has 0 aromatic heterocycles. The molecule has 0 amide bonds. The Morgan fingerprint density at radius 2 is 1.31 bits per heavy atom. The van der Waals surface area contributed by atoms with Crippen LogP contribution in [0.1, 0.15) is 22.3 Å². The third kappa shape index (κ3) is 1.37. The highest BCUT2D eigenvalue weighted by Gasteiger charge is 2.10. The van der Waals surface area contributed by atoms with Crippen molar-refractivity contribution in [2.24, 2.45) is 0 Å². The third-order valence-electron chi connectivity index (χ3n) is 2.99. The van der Waals surface area contributed by atoms with Gasteiger partial charge < -0.3 is 11.1 Å². The monoisotopic (exact) mass is 178 g/mol. The Balaban J connectivity index is 3.56. The SMILES string of the molecule is CNc1c(C)c(C)c(C)c(C)c1N. The number of nitrogen functional groups attached to an aromatic ring is 1. The van der Waals surface area contributed by atoms with E-state index in [1.807, 2.05) is 7.05 Å². The van der Waals surface area contributed by atoms with E-state index in [-0.39, 0.29) is 0 Å². The van der Waals surface area contributed by atoms with Crippen LogP contribution in [-0.4, -0.2) is 7.05 Å². The van der Waals surface area contributed by atoms with Crippen molar-refractivity contribution < 1.29 is 0 Å². The lowest BCUT2D eigenvalue weighted by Gasteiger charge is -2.17. The van der Waals surface area contributed by atoms with Crippen LogP contribution in [0.4, 0.5) is 11.4 Å². The molecule has 0 bridgehead atoms. The first-order valence-corrected chi connectivity index (χ1v) is 4.54. The minimum absolute atomic E-state index is 0.878. The van der Waals surface area contributed by atoms with Crippen LogP contribution in [-0.2, 0) is 0 Å². The standard InChI is InChI=1S/C11H18N2/c1-6-7(2)9(4)11(13-5)10(12)8(6)3/h13H,12H2,1-5H3. The number of rotatable bonds is 1. The second kappa shape index (κ2) is 3.29. The van der Waals surface area contributed by atoms with E-state index in [1.54, 1.807) is 0 Å². The zero-order valence-corrected chi connectivity index (χ0v) is 9.08. The van der Waals surface area contributed by atoms with Gasteiger partial charge in [-0.2, -0.15) is 0 Å². The Labute approximate surface area is 80.1 Å². The molecule has 0 aliphatic rings. The van der Waals surface area contributed by atoms with Crippen LogP contribution < -0.4 is 11.1 Å². The fraction of sp³-hybridized carbons (Fsp3) is 0.455. The zero-order valence-electron chi connectivity index (χ0n) is 9.08. The molecule has 13 heavy (non-hydrogen) atoms. The normalized spacial score (nSPS) is 10.2. The lowest BCUT2D eigenvalue weighted by Crippen LogP contribution is -2.04. The summed E-state index contributed by atoms with van der Waals surface area (Å²) >= 11 is 0. The van der Waals surface area contributed by atoms with Crippen molar-refractivity contribution in [2.45, 2.75) is 27.7 Å². The largest absolute Gasteiger partial charge is 0.397 e. The predicted octanol–water partition coefficient (Wildman–Crippen LogP) is 2.54. The Morgan fingerprint density at radius 3 is 1.77 bits per heavy atom. The van der Waals surface area contributed by atoms with Crippen LogP contribution in [0.2, 0.25) is 0 Å². The van der Waals surface area contributed by atoms with Gasteiger partial charge in [0, 0.05) is 7.05 Å². The summed E-state index contributed by atoms with van der Waals surface area (Å²) in [5, 5.41) is 3.15.